The maximum atomic E-state index is 12.0. The van der Waals surface area contributed by atoms with Crippen molar-refractivity contribution in [1.29, 1.82) is 0 Å². The molecule has 6 heteroatoms. The number of carbonyl (C=O) groups excluding carboxylic acids is 1. The van der Waals surface area contributed by atoms with Crippen LogP contribution < -0.4 is 5.73 Å². The third kappa shape index (κ3) is 3.30. The first-order valence-corrected chi connectivity index (χ1v) is 7.08. The number of hydrogen-bond donors (Lipinski definition) is 1. The van der Waals surface area contributed by atoms with Gasteiger partial charge in [-0.25, -0.2) is 0 Å². The zero-order valence-corrected chi connectivity index (χ0v) is 10.8. The Kier molecular flexibility index (Phi) is 4.33. The van der Waals surface area contributed by atoms with Crippen molar-refractivity contribution < 1.29 is 13.7 Å². The van der Waals surface area contributed by atoms with Gasteiger partial charge in [0.05, 0.1) is 24.0 Å². The van der Waals surface area contributed by atoms with Crippen molar-refractivity contribution >= 4 is 22.4 Å². The summed E-state index contributed by atoms with van der Waals surface area (Å²) in [4.78, 5) is 14.2. The molecule has 1 unspecified atom stereocenters. The fraction of sp³-hybridized carbons (Fsp3) is 0.417. The van der Waals surface area contributed by atoms with Crippen LogP contribution in [0.3, 0.4) is 0 Å². The molecule has 1 atom stereocenters. The van der Waals surface area contributed by atoms with Gasteiger partial charge in [0.15, 0.2) is 0 Å². The number of ether oxygens (including phenoxy) is 1. The summed E-state index contributed by atoms with van der Waals surface area (Å²) in [7, 11) is -1.31. The standard InChI is InChI=1S/C12H16N2O3S/c13-10-1-3-11(4-2-10)18(16)9-12(15)14-5-7-17-8-6-14/h1-4H,5-9,13H2. The maximum Gasteiger partial charge on any atom is 0.235 e. The molecule has 2 rings (SSSR count). The van der Waals surface area contributed by atoms with Gasteiger partial charge in [-0.2, -0.15) is 0 Å². The smallest absolute Gasteiger partial charge is 0.235 e. The third-order valence-corrected chi connectivity index (χ3v) is 4.07. The van der Waals surface area contributed by atoms with E-state index in [0.717, 1.165) is 0 Å². The van der Waals surface area contributed by atoms with E-state index in [0.29, 0.717) is 36.9 Å². The van der Waals surface area contributed by atoms with Gasteiger partial charge in [-0.05, 0) is 24.3 Å². The van der Waals surface area contributed by atoms with E-state index in [2.05, 4.69) is 0 Å². The Bertz CT molecular complexity index is 441. The molecule has 1 aliphatic rings. The summed E-state index contributed by atoms with van der Waals surface area (Å²) in [6, 6.07) is 6.76. The molecule has 1 saturated heterocycles. The number of anilines is 1. The molecule has 1 heterocycles. The van der Waals surface area contributed by atoms with Crippen molar-refractivity contribution in [2.45, 2.75) is 4.90 Å². The van der Waals surface area contributed by atoms with E-state index in [1.54, 1.807) is 29.2 Å². The number of amides is 1. The van der Waals surface area contributed by atoms with Crippen LogP contribution in [0.4, 0.5) is 5.69 Å². The van der Waals surface area contributed by atoms with Crippen LogP contribution in [-0.2, 0) is 20.3 Å². The van der Waals surface area contributed by atoms with E-state index in [-0.39, 0.29) is 11.7 Å². The SMILES string of the molecule is Nc1ccc(S(=O)CC(=O)N2CCOCC2)cc1. The summed E-state index contributed by atoms with van der Waals surface area (Å²) < 4.78 is 17.2. The fourth-order valence-electron chi connectivity index (χ4n) is 1.72. The summed E-state index contributed by atoms with van der Waals surface area (Å²) in [5.74, 6) is -0.0716. The predicted octanol–water partition coefficient (Wildman–Crippen LogP) is 0.235. The fourth-order valence-corrected chi connectivity index (χ4v) is 2.73. The molecule has 1 amide bonds. The van der Waals surface area contributed by atoms with Crippen LogP contribution in [0.2, 0.25) is 0 Å². The highest BCUT2D eigenvalue weighted by molar-refractivity contribution is 7.85. The van der Waals surface area contributed by atoms with E-state index in [4.69, 9.17) is 10.5 Å². The van der Waals surface area contributed by atoms with Crippen molar-refractivity contribution in [3.63, 3.8) is 0 Å². The molecular formula is C12H16N2O3S. The second-order valence-electron chi connectivity index (χ2n) is 4.05. The number of morpholine rings is 1. The van der Waals surface area contributed by atoms with Gasteiger partial charge in [0, 0.05) is 23.7 Å². The highest BCUT2D eigenvalue weighted by Crippen LogP contribution is 2.11. The molecule has 0 bridgehead atoms. The van der Waals surface area contributed by atoms with Gasteiger partial charge < -0.3 is 15.4 Å². The first-order valence-electron chi connectivity index (χ1n) is 5.76. The Morgan fingerprint density at radius 1 is 1.28 bits per heavy atom. The number of carbonyl (C=O) groups is 1. The van der Waals surface area contributed by atoms with Gasteiger partial charge in [-0.1, -0.05) is 0 Å². The number of benzene rings is 1. The van der Waals surface area contributed by atoms with Gasteiger partial charge >= 0.3 is 0 Å². The normalized spacial score (nSPS) is 17.4. The Morgan fingerprint density at radius 2 is 1.89 bits per heavy atom. The molecule has 18 heavy (non-hydrogen) atoms. The Hall–Kier alpha value is -1.40. The molecule has 1 aromatic rings. The van der Waals surface area contributed by atoms with Crippen LogP contribution in [0.5, 0.6) is 0 Å². The lowest BCUT2D eigenvalue weighted by atomic mass is 10.3. The van der Waals surface area contributed by atoms with Crippen molar-refractivity contribution in [2.24, 2.45) is 0 Å². The van der Waals surface area contributed by atoms with Gasteiger partial charge in [0.2, 0.25) is 5.91 Å². The van der Waals surface area contributed by atoms with E-state index >= 15 is 0 Å². The lowest BCUT2D eigenvalue weighted by molar-refractivity contribution is -0.132. The highest BCUT2D eigenvalue weighted by atomic mass is 32.2. The average Bonchev–Trinajstić information content (AvgIpc) is 2.40. The largest absolute Gasteiger partial charge is 0.399 e. The molecule has 0 aliphatic carbocycles. The lowest BCUT2D eigenvalue weighted by Crippen LogP contribution is -2.42. The van der Waals surface area contributed by atoms with Gasteiger partial charge in [0.1, 0.15) is 5.75 Å². The molecular weight excluding hydrogens is 252 g/mol. The summed E-state index contributed by atoms with van der Waals surface area (Å²) in [5.41, 5.74) is 6.18. The summed E-state index contributed by atoms with van der Waals surface area (Å²) in [6.07, 6.45) is 0. The lowest BCUT2D eigenvalue weighted by Gasteiger charge is -2.26. The summed E-state index contributed by atoms with van der Waals surface area (Å²) >= 11 is 0. The van der Waals surface area contributed by atoms with E-state index in [1.807, 2.05) is 0 Å². The van der Waals surface area contributed by atoms with Crippen molar-refractivity contribution in [3.05, 3.63) is 24.3 Å². The molecule has 5 nitrogen and oxygen atoms in total. The third-order valence-electron chi connectivity index (χ3n) is 2.76. The van der Waals surface area contributed by atoms with Crippen LogP contribution in [0.25, 0.3) is 0 Å². The van der Waals surface area contributed by atoms with Crippen molar-refractivity contribution in [1.82, 2.24) is 4.90 Å². The highest BCUT2D eigenvalue weighted by Gasteiger charge is 2.19. The molecule has 0 radical (unpaired) electrons. The first kappa shape index (κ1) is 13.0. The topological polar surface area (TPSA) is 72.6 Å². The minimum Gasteiger partial charge on any atom is -0.399 e. The number of nitrogen functional groups attached to an aromatic ring is 1. The van der Waals surface area contributed by atoms with Gasteiger partial charge in [-0.15, -0.1) is 0 Å². The molecule has 1 aromatic carbocycles. The van der Waals surface area contributed by atoms with E-state index < -0.39 is 10.8 Å². The summed E-state index contributed by atoms with van der Waals surface area (Å²) in [5, 5.41) is 0. The van der Waals surface area contributed by atoms with E-state index in [9.17, 15) is 9.00 Å². The Labute approximate surface area is 108 Å². The Balaban J connectivity index is 1.94. The zero-order valence-electron chi connectivity index (χ0n) is 10.0. The molecule has 1 fully saturated rings. The second-order valence-corrected chi connectivity index (χ2v) is 5.50. The number of nitrogens with two attached hydrogens (primary N) is 1. The monoisotopic (exact) mass is 268 g/mol. The number of nitrogens with zero attached hydrogens (tertiary/aromatic N) is 1. The van der Waals surface area contributed by atoms with E-state index in [1.165, 1.54) is 0 Å². The van der Waals surface area contributed by atoms with Crippen LogP contribution >= 0.6 is 0 Å². The predicted molar refractivity (Wildman–Crippen MR) is 69.5 cm³/mol. The molecule has 98 valence electrons. The molecule has 2 N–H and O–H groups in total. The summed E-state index contributed by atoms with van der Waals surface area (Å²) in [6.45, 7) is 2.27. The van der Waals surface area contributed by atoms with Crippen LogP contribution in [0.1, 0.15) is 0 Å². The second kappa shape index (κ2) is 5.97. The van der Waals surface area contributed by atoms with Gasteiger partial charge in [0.25, 0.3) is 0 Å². The minimum absolute atomic E-state index is 0.0178. The van der Waals surface area contributed by atoms with Crippen LogP contribution in [0.15, 0.2) is 29.2 Å². The van der Waals surface area contributed by atoms with Crippen molar-refractivity contribution in [2.75, 3.05) is 37.8 Å². The quantitative estimate of drug-likeness (QED) is 0.797. The molecule has 0 saturated carbocycles. The maximum absolute atomic E-state index is 12.0. The van der Waals surface area contributed by atoms with Crippen molar-refractivity contribution in [3.8, 4) is 0 Å². The Morgan fingerprint density at radius 3 is 2.50 bits per heavy atom. The number of rotatable bonds is 3. The van der Waals surface area contributed by atoms with Crippen LogP contribution in [-0.4, -0.2) is 47.1 Å². The zero-order chi connectivity index (χ0) is 13.0. The first-order chi connectivity index (χ1) is 8.66. The number of hydrogen-bond acceptors (Lipinski definition) is 4. The minimum atomic E-state index is -1.31. The molecule has 0 spiro atoms. The van der Waals surface area contributed by atoms with Gasteiger partial charge in [-0.3, -0.25) is 9.00 Å². The molecule has 1 aliphatic heterocycles. The molecule has 0 aromatic heterocycles. The average molecular weight is 268 g/mol. The van der Waals surface area contributed by atoms with Crippen LogP contribution in [0, 0.1) is 0 Å².